The van der Waals surface area contributed by atoms with Gasteiger partial charge in [0.15, 0.2) is 5.69 Å². The van der Waals surface area contributed by atoms with Crippen molar-refractivity contribution >= 4 is 22.8 Å². The number of benzene rings is 2. The molecule has 1 saturated carbocycles. The summed E-state index contributed by atoms with van der Waals surface area (Å²) in [5.41, 5.74) is 3.42. The Kier molecular flexibility index (Phi) is 7.73. The molecule has 3 aromatic rings. The van der Waals surface area contributed by atoms with Crippen LogP contribution in [0.2, 0.25) is 0 Å². The van der Waals surface area contributed by atoms with E-state index in [1.807, 2.05) is 29.7 Å². The molecule has 4 rings (SSSR count). The highest BCUT2D eigenvalue weighted by Crippen LogP contribution is 2.33. The molecule has 0 spiro atoms. The quantitative estimate of drug-likeness (QED) is 0.274. The number of nitrogens with one attached hydrogen (secondary N) is 1. The van der Waals surface area contributed by atoms with E-state index in [0.717, 1.165) is 18.3 Å². The van der Waals surface area contributed by atoms with Crippen LogP contribution < -0.4 is 5.32 Å². The minimum absolute atomic E-state index is 0.0212. The fourth-order valence-corrected chi connectivity index (χ4v) is 4.47. The molecule has 1 heterocycles. The van der Waals surface area contributed by atoms with Gasteiger partial charge in [0.1, 0.15) is 23.5 Å². The Bertz CT molecular complexity index is 1370. The molecule has 5 nitrogen and oxygen atoms in total. The van der Waals surface area contributed by atoms with Crippen LogP contribution in [0.5, 0.6) is 0 Å². The SMILES string of the molecule is CCn1cc(C(F)(F)F)nc1-c1ccc(N=C2CCCC(=N)/C2=C\[NH2+]c2ccccc2C(C)C)cc1F. The first-order valence-corrected chi connectivity index (χ1v) is 12.3. The molecule has 2 aromatic carbocycles. The lowest BCUT2D eigenvalue weighted by Gasteiger charge is -2.17. The van der Waals surface area contributed by atoms with Crippen LogP contribution in [0.1, 0.15) is 57.2 Å². The van der Waals surface area contributed by atoms with Crippen LogP contribution in [0.15, 0.2) is 65.4 Å². The van der Waals surface area contributed by atoms with Gasteiger partial charge in [-0.15, -0.1) is 0 Å². The van der Waals surface area contributed by atoms with E-state index in [1.165, 1.54) is 22.3 Å². The zero-order valence-corrected chi connectivity index (χ0v) is 21.0. The van der Waals surface area contributed by atoms with Gasteiger partial charge in [-0.1, -0.05) is 32.0 Å². The number of aryl methyl sites for hydroxylation is 1. The lowest BCUT2D eigenvalue weighted by molar-refractivity contribution is -0.497. The monoisotopic (exact) mass is 512 g/mol. The van der Waals surface area contributed by atoms with Gasteiger partial charge in [0, 0.05) is 30.1 Å². The number of nitrogens with zero attached hydrogens (tertiary/aromatic N) is 3. The number of hydrogen-bond acceptors (Lipinski definition) is 3. The van der Waals surface area contributed by atoms with Gasteiger partial charge < -0.3 is 9.98 Å². The third kappa shape index (κ3) is 5.88. The van der Waals surface area contributed by atoms with Crippen molar-refractivity contribution in [2.45, 2.75) is 58.7 Å². The van der Waals surface area contributed by atoms with Crippen molar-refractivity contribution in [2.75, 3.05) is 0 Å². The second kappa shape index (κ2) is 10.8. The largest absolute Gasteiger partial charge is 0.434 e. The van der Waals surface area contributed by atoms with E-state index in [0.29, 0.717) is 41.4 Å². The minimum atomic E-state index is -4.61. The topological polar surface area (TPSA) is 70.6 Å². The lowest BCUT2D eigenvalue weighted by atomic mass is 9.91. The third-order valence-electron chi connectivity index (χ3n) is 6.39. The number of alkyl halides is 3. The van der Waals surface area contributed by atoms with Crippen LogP contribution in [0.25, 0.3) is 11.4 Å². The van der Waals surface area contributed by atoms with E-state index >= 15 is 4.39 Å². The van der Waals surface area contributed by atoms with Crippen LogP contribution in [-0.4, -0.2) is 21.0 Å². The van der Waals surface area contributed by atoms with E-state index in [1.54, 1.807) is 13.0 Å². The highest BCUT2D eigenvalue weighted by Gasteiger charge is 2.35. The predicted octanol–water partition coefficient (Wildman–Crippen LogP) is 6.91. The molecule has 0 unspecified atom stereocenters. The van der Waals surface area contributed by atoms with Crippen LogP contribution in [0.4, 0.5) is 28.9 Å². The first-order valence-electron chi connectivity index (χ1n) is 12.3. The summed E-state index contributed by atoms with van der Waals surface area (Å²) < 4.78 is 55.8. The van der Waals surface area contributed by atoms with E-state index < -0.39 is 17.7 Å². The maximum absolute atomic E-state index is 15.1. The Balaban J connectivity index is 1.66. The van der Waals surface area contributed by atoms with Crippen molar-refractivity contribution in [2.24, 2.45) is 4.99 Å². The van der Waals surface area contributed by atoms with Crippen molar-refractivity contribution < 1.29 is 22.9 Å². The van der Waals surface area contributed by atoms with Crippen LogP contribution in [-0.2, 0) is 12.7 Å². The number of rotatable bonds is 6. The first kappa shape index (κ1) is 26.5. The lowest BCUT2D eigenvalue weighted by Crippen LogP contribution is -2.72. The van der Waals surface area contributed by atoms with Crippen molar-refractivity contribution in [3.63, 3.8) is 0 Å². The van der Waals surface area contributed by atoms with E-state index in [2.05, 4.69) is 29.9 Å². The zero-order valence-electron chi connectivity index (χ0n) is 21.0. The molecule has 0 radical (unpaired) electrons. The second-order valence-electron chi connectivity index (χ2n) is 9.32. The number of aliphatic imine (C=N–C) groups is 1. The van der Waals surface area contributed by atoms with Crippen molar-refractivity contribution in [1.29, 1.82) is 5.41 Å². The number of para-hydroxylation sites is 1. The summed E-state index contributed by atoms with van der Waals surface area (Å²) in [6, 6.07) is 12.3. The molecule has 0 bridgehead atoms. The highest BCUT2D eigenvalue weighted by atomic mass is 19.4. The fraction of sp³-hybridized carbons (Fsp3) is 0.321. The number of nitrogens with two attached hydrogens (primary N) is 1. The van der Waals surface area contributed by atoms with Gasteiger partial charge in [0.2, 0.25) is 0 Å². The Morgan fingerprint density at radius 1 is 1.16 bits per heavy atom. The average molecular weight is 513 g/mol. The molecule has 0 amide bonds. The Morgan fingerprint density at radius 3 is 2.59 bits per heavy atom. The molecular weight excluding hydrogens is 482 g/mol. The van der Waals surface area contributed by atoms with E-state index in [9.17, 15) is 13.2 Å². The van der Waals surface area contributed by atoms with E-state index in [-0.39, 0.29) is 17.9 Å². The smallest absolute Gasteiger partial charge is 0.331 e. The number of imidazole rings is 1. The fourth-order valence-electron chi connectivity index (χ4n) is 4.47. The summed E-state index contributed by atoms with van der Waals surface area (Å²) in [5, 5.41) is 10.5. The third-order valence-corrected chi connectivity index (χ3v) is 6.39. The van der Waals surface area contributed by atoms with Gasteiger partial charge in [0.05, 0.1) is 22.5 Å². The van der Waals surface area contributed by atoms with Gasteiger partial charge in [-0.2, -0.15) is 13.2 Å². The van der Waals surface area contributed by atoms with Crippen molar-refractivity contribution in [1.82, 2.24) is 9.55 Å². The summed E-state index contributed by atoms with van der Waals surface area (Å²) in [7, 11) is 0. The number of halogens is 4. The van der Waals surface area contributed by atoms with Gasteiger partial charge in [-0.3, -0.25) is 10.3 Å². The van der Waals surface area contributed by atoms with Crippen LogP contribution >= 0.6 is 0 Å². The van der Waals surface area contributed by atoms with E-state index in [4.69, 9.17) is 5.41 Å². The summed E-state index contributed by atoms with van der Waals surface area (Å²) in [5.74, 6) is -0.434. The van der Waals surface area contributed by atoms with Gasteiger partial charge >= 0.3 is 6.18 Å². The van der Waals surface area contributed by atoms with Crippen LogP contribution in [0.3, 0.4) is 0 Å². The maximum Gasteiger partial charge on any atom is 0.434 e. The number of hydrogen-bond donors (Lipinski definition) is 2. The van der Waals surface area contributed by atoms with Gasteiger partial charge in [-0.05, 0) is 50.3 Å². The molecule has 0 aliphatic heterocycles. The minimum Gasteiger partial charge on any atom is -0.331 e. The molecular formula is C28H30F4N5+. The predicted molar refractivity (Wildman–Crippen MR) is 137 cm³/mol. The molecule has 194 valence electrons. The second-order valence-corrected chi connectivity index (χ2v) is 9.32. The number of allylic oxidation sites excluding steroid dienone is 1. The standard InChI is InChI=1S/C28H29F4N5/c1-4-37-16-26(28(30,31)32)36-27(37)20-13-12-18(14-22(20)29)35-25-11-7-9-23(33)21(25)15-34-24-10-6-5-8-19(24)17(2)3/h5-6,8,10,12-17,33-34H,4,7,9,11H2,1-3H3/p+1/b21-15+,33-23?,35-25?. The Morgan fingerprint density at radius 2 is 1.92 bits per heavy atom. The molecule has 1 fully saturated rings. The molecule has 0 saturated heterocycles. The molecule has 3 N–H and O–H groups in total. The average Bonchev–Trinajstić information content (AvgIpc) is 3.29. The normalized spacial score (nSPS) is 16.8. The molecule has 1 aliphatic rings. The maximum atomic E-state index is 15.1. The molecule has 9 heteroatoms. The Hall–Kier alpha value is -3.59. The molecule has 1 aromatic heterocycles. The summed E-state index contributed by atoms with van der Waals surface area (Å²) in [6.45, 7) is 6.15. The highest BCUT2D eigenvalue weighted by molar-refractivity contribution is 6.25. The van der Waals surface area contributed by atoms with Gasteiger partial charge in [-0.25, -0.2) is 9.37 Å². The first-order chi connectivity index (χ1) is 17.6. The van der Waals surface area contributed by atoms with Gasteiger partial charge in [0.25, 0.3) is 0 Å². The van der Waals surface area contributed by atoms with Crippen molar-refractivity contribution in [3.05, 3.63) is 77.5 Å². The number of aromatic nitrogens is 2. The summed E-state index contributed by atoms with van der Waals surface area (Å²) in [6.07, 6.45) is 0.237. The number of quaternary nitrogens is 1. The van der Waals surface area contributed by atoms with Crippen molar-refractivity contribution in [3.8, 4) is 11.4 Å². The summed E-state index contributed by atoms with van der Waals surface area (Å²) in [4.78, 5) is 8.29. The Labute approximate surface area is 213 Å². The molecule has 37 heavy (non-hydrogen) atoms. The van der Waals surface area contributed by atoms with Crippen LogP contribution in [0, 0.1) is 11.2 Å². The summed E-state index contributed by atoms with van der Waals surface area (Å²) >= 11 is 0. The molecule has 1 aliphatic carbocycles. The molecule has 0 atom stereocenters. The zero-order chi connectivity index (χ0) is 26.7.